The van der Waals surface area contributed by atoms with Gasteiger partial charge in [0.1, 0.15) is 0 Å². The lowest BCUT2D eigenvalue weighted by Crippen LogP contribution is -1.87. The van der Waals surface area contributed by atoms with E-state index in [1.165, 1.54) is 33.4 Å². The molecule has 4 rings (SSSR count). The quantitative estimate of drug-likeness (QED) is 0.370. The molecule has 0 atom stereocenters. The molecule has 0 unspecified atom stereocenters. The van der Waals surface area contributed by atoms with Gasteiger partial charge in [-0.2, -0.15) is 0 Å². The first kappa shape index (κ1) is 16.7. The van der Waals surface area contributed by atoms with Crippen molar-refractivity contribution in [3.8, 4) is 33.4 Å². The van der Waals surface area contributed by atoms with Crippen LogP contribution < -0.4 is 0 Å². The van der Waals surface area contributed by atoms with Gasteiger partial charge in [0.2, 0.25) is 0 Å². The minimum Gasteiger partial charge on any atom is -0.0776 e. The standard InChI is InChI=1S/C24H18.CH4/c1-4-10-19(11-5-1)22-16-17-23(20-12-6-2-7-13-20)24(18-22)21-14-8-3-9-15-21;/h1-18H;1H4. The molecule has 0 heteroatoms. The molecule has 0 amide bonds. The van der Waals surface area contributed by atoms with Crippen LogP contribution in [0.25, 0.3) is 33.4 Å². The summed E-state index contributed by atoms with van der Waals surface area (Å²) >= 11 is 0. The van der Waals surface area contributed by atoms with Gasteiger partial charge in [0.25, 0.3) is 0 Å². The fourth-order valence-corrected chi connectivity index (χ4v) is 3.08. The molecule has 0 spiro atoms. The maximum atomic E-state index is 2.30. The smallest absolute Gasteiger partial charge is 0.00992 e. The molecule has 0 N–H and O–H groups in total. The van der Waals surface area contributed by atoms with Crippen molar-refractivity contribution >= 4 is 0 Å². The summed E-state index contributed by atoms with van der Waals surface area (Å²) < 4.78 is 0. The largest absolute Gasteiger partial charge is 0.0776 e. The fourth-order valence-electron chi connectivity index (χ4n) is 3.08. The van der Waals surface area contributed by atoms with E-state index < -0.39 is 0 Å². The second-order valence-corrected chi connectivity index (χ2v) is 5.86. The highest BCUT2D eigenvalue weighted by Crippen LogP contribution is 2.35. The van der Waals surface area contributed by atoms with E-state index in [-0.39, 0.29) is 7.43 Å². The highest BCUT2D eigenvalue weighted by molar-refractivity contribution is 5.87. The normalized spacial score (nSPS) is 10.1. The highest BCUT2D eigenvalue weighted by atomic mass is 14.1. The highest BCUT2D eigenvalue weighted by Gasteiger charge is 2.09. The summed E-state index contributed by atoms with van der Waals surface area (Å²) in [6.07, 6.45) is 0. The third-order valence-electron chi connectivity index (χ3n) is 4.30. The Balaban J connectivity index is 0.00000182. The van der Waals surface area contributed by atoms with E-state index in [0.717, 1.165) is 0 Å². The summed E-state index contributed by atoms with van der Waals surface area (Å²) in [4.78, 5) is 0. The molecule has 0 fully saturated rings. The molecular formula is C25H22. The van der Waals surface area contributed by atoms with Crippen LogP contribution in [-0.2, 0) is 0 Å². The lowest BCUT2D eigenvalue weighted by atomic mass is 9.91. The van der Waals surface area contributed by atoms with Crippen molar-refractivity contribution in [2.75, 3.05) is 0 Å². The maximum Gasteiger partial charge on any atom is -0.00992 e. The Bertz CT molecular complexity index is 923. The molecule has 0 aliphatic rings. The van der Waals surface area contributed by atoms with Crippen LogP contribution in [0.3, 0.4) is 0 Å². The fraction of sp³-hybridized carbons (Fsp3) is 0.0400. The summed E-state index contributed by atoms with van der Waals surface area (Å²) in [6, 6.07) is 38.5. The van der Waals surface area contributed by atoms with Gasteiger partial charge in [-0.05, 0) is 39.4 Å². The Hall–Kier alpha value is -3.12. The summed E-state index contributed by atoms with van der Waals surface area (Å²) in [5, 5.41) is 0. The van der Waals surface area contributed by atoms with E-state index in [9.17, 15) is 0 Å². The molecule has 0 saturated carbocycles. The lowest BCUT2D eigenvalue weighted by molar-refractivity contribution is 1.56. The monoisotopic (exact) mass is 322 g/mol. The molecule has 0 aliphatic heterocycles. The molecule has 0 saturated heterocycles. The van der Waals surface area contributed by atoms with Gasteiger partial charge >= 0.3 is 0 Å². The van der Waals surface area contributed by atoms with Crippen LogP contribution >= 0.6 is 0 Å². The Morgan fingerprint density at radius 1 is 0.320 bits per heavy atom. The van der Waals surface area contributed by atoms with Crippen molar-refractivity contribution < 1.29 is 0 Å². The van der Waals surface area contributed by atoms with E-state index in [1.54, 1.807) is 0 Å². The number of rotatable bonds is 3. The molecule has 25 heavy (non-hydrogen) atoms. The average molecular weight is 322 g/mol. The first-order valence-corrected chi connectivity index (χ1v) is 8.22. The number of hydrogen-bond donors (Lipinski definition) is 0. The van der Waals surface area contributed by atoms with Crippen molar-refractivity contribution in [3.63, 3.8) is 0 Å². The molecular weight excluding hydrogens is 300 g/mol. The molecule has 4 aromatic rings. The number of hydrogen-bond acceptors (Lipinski definition) is 0. The van der Waals surface area contributed by atoms with E-state index in [2.05, 4.69) is 109 Å². The zero-order valence-corrected chi connectivity index (χ0v) is 13.4. The summed E-state index contributed by atoms with van der Waals surface area (Å²) in [5.74, 6) is 0. The Morgan fingerprint density at radius 2 is 0.760 bits per heavy atom. The summed E-state index contributed by atoms with van der Waals surface area (Å²) in [6.45, 7) is 0. The maximum absolute atomic E-state index is 2.30. The van der Waals surface area contributed by atoms with Crippen LogP contribution in [0.1, 0.15) is 7.43 Å². The predicted octanol–water partition coefficient (Wildman–Crippen LogP) is 7.32. The molecule has 0 aliphatic carbocycles. The van der Waals surface area contributed by atoms with E-state index in [4.69, 9.17) is 0 Å². The zero-order chi connectivity index (χ0) is 16.2. The molecule has 0 heterocycles. The topological polar surface area (TPSA) is 0 Å². The summed E-state index contributed by atoms with van der Waals surface area (Å²) in [7, 11) is 0. The Kier molecular flexibility index (Phi) is 5.11. The molecule has 0 radical (unpaired) electrons. The molecule has 0 nitrogen and oxygen atoms in total. The Labute approximate surface area is 150 Å². The SMILES string of the molecule is C.c1ccc(-c2ccc(-c3ccccc3)c(-c3ccccc3)c2)cc1. The van der Waals surface area contributed by atoms with Crippen molar-refractivity contribution in [1.29, 1.82) is 0 Å². The van der Waals surface area contributed by atoms with Crippen molar-refractivity contribution in [3.05, 3.63) is 109 Å². The van der Waals surface area contributed by atoms with Crippen molar-refractivity contribution in [2.45, 2.75) is 7.43 Å². The van der Waals surface area contributed by atoms with Crippen molar-refractivity contribution in [2.24, 2.45) is 0 Å². The number of benzene rings is 4. The molecule has 0 aromatic heterocycles. The van der Waals surface area contributed by atoms with Crippen LogP contribution in [0.15, 0.2) is 109 Å². The van der Waals surface area contributed by atoms with E-state index in [0.29, 0.717) is 0 Å². The van der Waals surface area contributed by atoms with Crippen LogP contribution in [-0.4, -0.2) is 0 Å². The van der Waals surface area contributed by atoms with Gasteiger partial charge in [-0.15, -0.1) is 0 Å². The first-order chi connectivity index (χ1) is 11.9. The second kappa shape index (κ2) is 7.63. The van der Waals surface area contributed by atoms with Gasteiger partial charge in [0.15, 0.2) is 0 Å². The third kappa shape index (κ3) is 3.54. The summed E-state index contributed by atoms with van der Waals surface area (Å²) in [5.41, 5.74) is 7.51. The Morgan fingerprint density at radius 3 is 1.28 bits per heavy atom. The van der Waals surface area contributed by atoms with Gasteiger partial charge < -0.3 is 0 Å². The van der Waals surface area contributed by atoms with Crippen molar-refractivity contribution in [1.82, 2.24) is 0 Å². The molecule has 4 aromatic carbocycles. The van der Waals surface area contributed by atoms with Gasteiger partial charge in [-0.3, -0.25) is 0 Å². The molecule has 122 valence electrons. The van der Waals surface area contributed by atoms with E-state index in [1.807, 2.05) is 0 Å². The van der Waals surface area contributed by atoms with Gasteiger partial charge in [-0.25, -0.2) is 0 Å². The molecule has 0 bridgehead atoms. The predicted molar refractivity (Wildman–Crippen MR) is 109 cm³/mol. The average Bonchev–Trinajstić information content (AvgIpc) is 2.69. The second-order valence-electron chi connectivity index (χ2n) is 5.86. The minimum atomic E-state index is 0. The van der Waals surface area contributed by atoms with Gasteiger partial charge in [-0.1, -0.05) is 111 Å². The van der Waals surface area contributed by atoms with Crippen LogP contribution in [0, 0.1) is 0 Å². The zero-order valence-electron chi connectivity index (χ0n) is 13.4. The first-order valence-electron chi connectivity index (χ1n) is 8.22. The minimum absolute atomic E-state index is 0. The lowest BCUT2D eigenvalue weighted by Gasteiger charge is -2.13. The van der Waals surface area contributed by atoms with Crippen LogP contribution in [0.5, 0.6) is 0 Å². The van der Waals surface area contributed by atoms with Crippen LogP contribution in [0.2, 0.25) is 0 Å². The third-order valence-corrected chi connectivity index (χ3v) is 4.30. The van der Waals surface area contributed by atoms with Crippen LogP contribution in [0.4, 0.5) is 0 Å². The van der Waals surface area contributed by atoms with Gasteiger partial charge in [0, 0.05) is 0 Å². The van der Waals surface area contributed by atoms with E-state index >= 15 is 0 Å². The van der Waals surface area contributed by atoms with Gasteiger partial charge in [0.05, 0.1) is 0 Å².